The third-order valence-corrected chi connectivity index (χ3v) is 8.24. The molecule has 14 heteroatoms. The van der Waals surface area contributed by atoms with E-state index in [2.05, 4.69) is 17.2 Å². The van der Waals surface area contributed by atoms with Gasteiger partial charge in [-0.2, -0.15) is 0 Å². The number of ether oxygens (including phenoxy) is 5. The maximum absolute atomic E-state index is 12.9. The highest BCUT2D eigenvalue weighted by Gasteiger charge is 2.45. The highest BCUT2D eigenvalue weighted by Crippen LogP contribution is 2.41. The normalized spacial score (nSPS) is 20.8. The fourth-order valence-corrected chi connectivity index (χ4v) is 5.54. The van der Waals surface area contributed by atoms with Gasteiger partial charge in [0, 0.05) is 22.7 Å². The molecule has 268 valence electrons. The van der Waals surface area contributed by atoms with Gasteiger partial charge in [0.05, 0.1) is 39.6 Å². The first-order valence-electron chi connectivity index (χ1n) is 16.3. The molecule has 7 N–H and O–H groups in total. The molecular formula is C35H46N2O12. The minimum atomic E-state index is -1.65. The number of nitrogens with one attached hydrogen (secondary N) is 2. The van der Waals surface area contributed by atoms with Crippen molar-refractivity contribution >= 4 is 28.6 Å². The van der Waals surface area contributed by atoms with Gasteiger partial charge in [-0.25, -0.2) is 0 Å². The fourth-order valence-electron chi connectivity index (χ4n) is 5.54. The summed E-state index contributed by atoms with van der Waals surface area (Å²) in [6.45, 7) is 1.52. The van der Waals surface area contributed by atoms with Crippen molar-refractivity contribution in [2.24, 2.45) is 0 Å². The number of aliphatic hydroxyl groups excluding tert-OH is 5. The van der Waals surface area contributed by atoms with Crippen molar-refractivity contribution in [2.75, 3.05) is 32.8 Å². The number of aliphatic hydroxyl groups is 5. The highest BCUT2D eigenvalue weighted by molar-refractivity contribution is 6.03. The van der Waals surface area contributed by atoms with Crippen LogP contribution in [0.3, 0.4) is 0 Å². The van der Waals surface area contributed by atoms with Crippen molar-refractivity contribution in [3.05, 3.63) is 57.9 Å². The Kier molecular flexibility index (Phi) is 13.8. The lowest BCUT2D eigenvalue weighted by molar-refractivity contribution is -0.277. The Morgan fingerprint density at radius 1 is 0.939 bits per heavy atom. The number of methoxy groups -OCH3 is 2. The number of benzene rings is 2. The van der Waals surface area contributed by atoms with Crippen molar-refractivity contribution < 1.29 is 54.0 Å². The molecule has 2 heterocycles. The zero-order chi connectivity index (χ0) is 35.5. The van der Waals surface area contributed by atoms with Crippen LogP contribution in [0.5, 0.6) is 23.0 Å². The maximum atomic E-state index is 12.9. The number of fused-ring (bicyclic) bond motifs is 1. The van der Waals surface area contributed by atoms with Gasteiger partial charge < -0.3 is 59.5 Å². The molecule has 0 spiro atoms. The molecule has 4 rings (SSSR count). The van der Waals surface area contributed by atoms with Gasteiger partial charge in [0.1, 0.15) is 24.4 Å². The molecule has 0 saturated carbocycles. The third kappa shape index (κ3) is 9.29. The van der Waals surface area contributed by atoms with Gasteiger partial charge >= 0.3 is 0 Å². The quantitative estimate of drug-likeness (QED) is 0.0808. The SMILES string of the molecule is CCCCCCCCOc1c(CO)c2ccc(NC(=O)/C=C/c3cc(OC)c(O[C@@H]4O[C@H](CO)[C@@H](O)[C@H](O)[C@H]4O)c(OC)c3)cc2[nH]c1=O. The molecule has 1 aromatic heterocycles. The first-order valence-corrected chi connectivity index (χ1v) is 16.3. The van der Waals surface area contributed by atoms with Crippen molar-refractivity contribution in [1.29, 1.82) is 0 Å². The van der Waals surface area contributed by atoms with Gasteiger partial charge in [-0.15, -0.1) is 0 Å². The molecule has 0 aliphatic carbocycles. The van der Waals surface area contributed by atoms with Crippen LogP contribution in [0.4, 0.5) is 5.69 Å². The smallest absolute Gasteiger partial charge is 0.291 e. The molecule has 14 nitrogen and oxygen atoms in total. The summed E-state index contributed by atoms with van der Waals surface area (Å²) in [4.78, 5) is 28.5. The molecule has 1 saturated heterocycles. The van der Waals surface area contributed by atoms with Gasteiger partial charge in [0.15, 0.2) is 17.2 Å². The molecule has 0 radical (unpaired) electrons. The topological polar surface area (TPSA) is 209 Å². The Balaban J connectivity index is 1.45. The number of carbonyl (C=O) groups is 1. The largest absolute Gasteiger partial charge is 0.493 e. The van der Waals surface area contributed by atoms with E-state index in [-0.39, 0.29) is 29.6 Å². The van der Waals surface area contributed by atoms with Gasteiger partial charge in [-0.05, 0) is 42.3 Å². The second-order valence-electron chi connectivity index (χ2n) is 11.7. The predicted molar refractivity (Wildman–Crippen MR) is 181 cm³/mol. The monoisotopic (exact) mass is 686 g/mol. The lowest BCUT2D eigenvalue weighted by Crippen LogP contribution is -2.60. The van der Waals surface area contributed by atoms with E-state index in [0.717, 1.165) is 19.3 Å². The number of amides is 1. The van der Waals surface area contributed by atoms with E-state index in [1.54, 1.807) is 18.2 Å². The minimum absolute atomic E-state index is 0.0132. The van der Waals surface area contributed by atoms with Crippen molar-refractivity contribution in [2.45, 2.75) is 82.8 Å². The number of aromatic nitrogens is 1. The van der Waals surface area contributed by atoms with E-state index in [9.17, 15) is 35.1 Å². The van der Waals surface area contributed by atoms with Crippen LogP contribution in [0.25, 0.3) is 17.0 Å². The average Bonchev–Trinajstić information content (AvgIpc) is 3.10. The molecule has 1 aliphatic rings. The zero-order valence-corrected chi connectivity index (χ0v) is 27.9. The molecule has 5 atom stereocenters. The first-order chi connectivity index (χ1) is 23.6. The summed E-state index contributed by atoms with van der Waals surface area (Å²) in [5, 5.41) is 53.5. The van der Waals surface area contributed by atoms with Crippen LogP contribution in [-0.4, -0.2) is 94.6 Å². The lowest BCUT2D eigenvalue weighted by atomic mass is 9.99. The minimum Gasteiger partial charge on any atom is -0.493 e. The van der Waals surface area contributed by atoms with Crippen molar-refractivity contribution in [1.82, 2.24) is 4.98 Å². The van der Waals surface area contributed by atoms with Gasteiger partial charge in [-0.1, -0.05) is 45.1 Å². The predicted octanol–water partition coefficient (Wildman–Crippen LogP) is 2.61. The number of H-pyrrole nitrogens is 1. The Bertz CT molecular complexity index is 1610. The van der Waals surface area contributed by atoms with Crippen LogP contribution in [0, 0.1) is 0 Å². The number of anilines is 1. The molecule has 0 unspecified atom stereocenters. The van der Waals surface area contributed by atoms with Crippen LogP contribution in [-0.2, 0) is 16.1 Å². The average molecular weight is 687 g/mol. The zero-order valence-electron chi connectivity index (χ0n) is 27.9. The van der Waals surface area contributed by atoms with Gasteiger partial charge in [0.2, 0.25) is 17.9 Å². The number of aromatic amines is 1. The van der Waals surface area contributed by atoms with Gasteiger partial charge in [0.25, 0.3) is 5.56 Å². The number of carbonyl (C=O) groups excluding carboxylic acids is 1. The van der Waals surface area contributed by atoms with Crippen LogP contribution in [0.1, 0.15) is 56.6 Å². The lowest BCUT2D eigenvalue weighted by Gasteiger charge is -2.39. The summed E-state index contributed by atoms with van der Waals surface area (Å²) >= 11 is 0. The number of hydrogen-bond donors (Lipinski definition) is 7. The highest BCUT2D eigenvalue weighted by atomic mass is 16.7. The Morgan fingerprint density at radius 2 is 1.63 bits per heavy atom. The van der Waals surface area contributed by atoms with Crippen molar-refractivity contribution in [3.8, 4) is 23.0 Å². The molecular weight excluding hydrogens is 640 g/mol. The van der Waals surface area contributed by atoms with Crippen molar-refractivity contribution in [3.63, 3.8) is 0 Å². The van der Waals surface area contributed by atoms with Crippen LogP contribution >= 0.6 is 0 Å². The third-order valence-electron chi connectivity index (χ3n) is 8.24. The van der Waals surface area contributed by atoms with Crippen LogP contribution in [0.15, 0.2) is 41.2 Å². The maximum Gasteiger partial charge on any atom is 0.291 e. The van der Waals surface area contributed by atoms with Crippen LogP contribution < -0.4 is 29.8 Å². The molecule has 3 aromatic rings. The summed E-state index contributed by atoms with van der Waals surface area (Å²) < 4.78 is 27.9. The number of hydrogen-bond acceptors (Lipinski definition) is 12. The molecule has 1 fully saturated rings. The first kappa shape index (κ1) is 37.6. The van der Waals surface area contributed by atoms with Crippen LogP contribution in [0.2, 0.25) is 0 Å². The summed E-state index contributed by atoms with van der Waals surface area (Å²) in [6, 6.07) is 8.01. The summed E-state index contributed by atoms with van der Waals surface area (Å²) in [5.74, 6) is -0.0877. The molecule has 1 aliphatic heterocycles. The Labute approximate surface area is 283 Å². The van der Waals surface area contributed by atoms with E-state index < -0.39 is 48.8 Å². The summed E-state index contributed by atoms with van der Waals surface area (Å²) in [7, 11) is 2.73. The Morgan fingerprint density at radius 3 is 2.29 bits per heavy atom. The number of pyridine rings is 1. The number of rotatable bonds is 17. The molecule has 2 aromatic carbocycles. The summed E-state index contributed by atoms with van der Waals surface area (Å²) in [5.41, 5.74) is 1.22. The van der Waals surface area contributed by atoms with E-state index in [4.69, 9.17) is 23.7 Å². The summed E-state index contributed by atoms with van der Waals surface area (Å²) in [6.07, 6.45) is 1.75. The van der Waals surface area contributed by atoms with E-state index in [0.29, 0.717) is 34.3 Å². The van der Waals surface area contributed by atoms with E-state index in [1.165, 1.54) is 57.8 Å². The second-order valence-corrected chi connectivity index (χ2v) is 11.7. The standard InChI is InChI=1S/C35H46N2O12/c1-4-5-6-7-8-9-14-47-32-23(18-38)22-12-11-21(17-24(22)37-34(32)44)36-28(40)13-10-20-15-25(45-2)33(26(16-20)46-3)49-35-31(43)30(42)29(41)27(19-39)48-35/h10-13,15-17,27,29-31,35,38-39,41-43H,4-9,14,18-19H2,1-3H3,(H,36,40)(H,37,44)/b13-10+/t27-,29-,30+,31-,35+/m1/s1. The Hall–Kier alpha value is -4.18. The van der Waals surface area contributed by atoms with E-state index in [1.807, 2.05) is 0 Å². The second kappa shape index (κ2) is 18.0. The van der Waals surface area contributed by atoms with E-state index >= 15 is 0 Å². The van der Waals surface area contributed by atoms with Gasteiger partial charge in [-0.3, -0.25) is 9.59 Å². The molecule has 1 amide bonds. The fraction of sp³-hybridized carbons (Fsp3) is 0.486. The number of unbranched alkanes of at least 4 members (excludes halogenated alkanes) is 5. The molecule has 0 bridgehead atoms. The molecule has 49 heavy (non-hydrogen) atoms.